The maximum absolute atomic E-state index is 11.2. The summed E-state index contributed by atoms with van der Waals surface area (Å²) in [5.41, 5.74) is 0.519. The highest BCUT2D eigenvalue weighted by molar-refractivity contribution is 5.88. The van der Waals surface area contributed by atoms with Crippen LogP contribution in [0.3, 0.4) is 0 Å². The number of hydrogen-bond donors (Lipinski definition) is 1. The molecule has 0 unspecified atom stereocenters. The molecule has 1 aliphatic rings. The molecule has 1 N–H and O–H groups in total. The summed E-state index contributed by atoms with van der Waals surface area (Å²) in [6.07, 6.45) is 5.36. The molecule has 1 rings (SSSR count). The van der Waals surface area contributed by atoms with E-state index in [1.54, 1.807) is 6.92 Å². The van der Waals surface area contributed by atoms with Crippen LogP contribution in [0.15, 0.2) is 12.2 Å². The van der Waals surface area contributed by atoms with E-state index in [0.29, 0.717) is 18.7 Å². The van der Waals surface area contributed by atoms with E-state index in [9.17, 15) is 4.79 Å². The molecule has 0 aliphatic heterocycles. The van der Waals surface area contributed by atoms with Crippen molar-refractivity contribution in [3.63, 3.8) is 0 Å². The number of esters is 1. The van der Waals surface area contributed by atoms with Gasteiger partial charge in [0.15, 0.2) is 0 Å². The molecule has 3 heteroatoms. The van der Waals surface area contributed by atoms with Gasteiger partial charge in [0.2, 0.25) is 0 Å². The monoisotopic (exact) mass is 211 g/mol. The number of carbonyl (C=O) groups is 1. The summed E-state index contributed by atoms with van der Waals surface area (Å²) >= 11 is 0. The van der Waals surface area contributed by atoms with Crippen LogP contribution in [0.25, 0.3) is 0 Å². The highest BCUT2D eigenvalue weighted by atomic mass is 16.5. The van der Waals surface area contributed by atoms with Crippen molar-refractivity contribution in [1.82, 2.24) is 5.32 Å². The molecule has 1 saturated carbocycles. The molecule has 0 spiro atoms. The van der Waals surface area contributed by atoms with Crippen LogP contribution < -0.4 is 5.32 Å². The molecule has 15 heavy (non-hydrogen) atoms. The number of carbonyl (C=O) groups excluding carboxylic acids is 1. The Morgan fingerprint density at radius 3 is 2.80 bits per heavy atom. The van der Waals surface area contributed by atoms with E-state index >= 15 is 0 Å². The molecule has 1 aliphatic carbocycles. The molecule has 0 atom stereocenters. The van der Waals surface area contributed by atoms with Crippen LogP contribution in [0.2, 0.25) is 0 Å². The molecule has 0 aromatic rings. The third kappa shape index (κ3) is 4.47. The van der Waals surface area contributed by atoms with Crippen LogP contribution in [0.4, 0.5) is 0 Å². The lowest BCUT2D eigenvalue weighted by molar-refractivity contribution is -0.138. The summed E-state index contributed by atoms with van der Waals surface area (Å²) in [6, 6.07) is 0. The Bertz CT molecular complexity index is 222. The fourth-order valence-electron chi connectivity index (χ4n) is 1.63. The summed E-state index contributed by atoms with van der Waals surface area (Å²) in [5, 5.41) is 3.22. The fraction of sp³-hybridized carbons (Fsp3) is 0.750. The zero-order valence-electron chi connectivity index (χ0n) is 9.55. The zero-order chi connectivity index (χ0) is 11.1. The predicted octanol–water partition coefficient (Wildman–Crippen LogP) is 1.89. The number of ether oxygens (including phenoxy) is 1. The first-order valence-electron chi connectivity index (χ1n) is 5.79. The maximum Gasteiger partial charge on any atom is 0.334 e. The van der Waals surface area contributed by atoms with Gasteiger partial charge in [-0.15, -0.1) is 0 Å². The molecule has 0 saturated heterocycles. The number of rotatable bonds is 7. The predicted molar refractivity (Wildman–Crippen MR) is 60.6 cm³/mol. The maximum atomic E-state index is 11.2. The van der Waals surface area contributed by atoms with E-state index in [1.165, 1.54) is 25.7 Å². The van der Waals surface area contributed by atoms with E-state index in [0.717, 1.165) is 12.5 Å². The normalized spacial score (nSPS) is 15.8. The second-order valence-corrected chi connectivity index (χ2v) is 4.09. The average molecular weight is 211 g/mol. The Kier molecular flexibility index (Phi) is 5.40. The van der Waals surface area contributed by atoms with Gasteiger partial charge >= 0.3 is 5.97 Å². The van der Waals surface area contributed by atoms with Crippen molar-refractivity contribution in [1.29, 1.82) is 0 Å². The second-order valence-electron chi connectivity index (χ2n) is 4.09. The second kappa shape index (κ2) is 6.62. The standard InChI is InChI=1S/C12H21NO2/c1-3-15-12(14)10(2)9-13-8-7-11-5-4-6-11/h11,13H,2-9H2,1H3. The third-order valence-electron chi connectivity index (χ3n) is 2.86. The van der Waals surface area contributed by atoms with Crippen LogP contribution in [0.1, 0.15) is 32.6 Å². The van der Waals surface area contributed by atoms with Crippen LogP contribution in [-0.4, -0.2) is 25.7 Å². The SMILES string of the molecule is C=C(CNCCC1CCC1)C(=O)OCC. The fourth-order valence-corrected chi connectivity index (χ4v) is 1.63. The summed E-state index contributed by atoms with van der Waals surface area (Å²) in [6.45, 7) is 7.43. The van der Waals surface area contributed by atoms with Gasteiger partial charge in [-0.2, -0.15) is 0 Å². The molecule has 0 bridgehead atoms. The third-order valence-corrected chi connectivity index (χ3v) is 2.86. The van der Waals surface area contributed by atoms with Gasteiger partial charge in [-0.25, -0.2) is 4.79 Å². The van der Waals surface area contributed by atoms with Crippen molar-refractivity contribution >= 4 is 5.97 Å². The Morgan fingerprint density at radius 2 is 2.27 bits per heavy atom. The molecule has 1 fully saturated rings. The zero-order valence-corrected chi connectivity index (χ0v) is 9.55. The van der Waals surface area contributed by atoms with Crippen molar-refractivity contribution in [3.05, 3.63) is 12.2 Å². The molecular formula is C12H21NO2. The number of hydrogen-bond acceptors (Lipinski definition) is 3. The minimum atomic E-state index is -0.284. The Morgan fingerprint density at radius 1 is 1.53 bits per heavy atom. The summed E-state index contributed by atoms with van der Waals surface area (Å²) in [5.74, 6) is 0.627. The van der Waals surface area contributed by atoms with Gasteiger partial charge in [0, 0.05) is 12.1 Å². The van der Waals surface area contributed by atoms with Gasteiger partial charge in [-0.3, -0.25) is 0 Å². The minimum Gasteiger partial charge on any atom is -0.463 e. The number of nitrogens with one attached hydrogen (secondary N) is 1. The first-order valence-corrected chi connectivity index (χ1v) is 5.79. The highest BCUT2D eigenvalue weighted by Crippen LogP contribution is 2.28. The van der Waals surface area contributed by atoms with Gasteiger partial charge in [-0.1, -0.05) is 25.8 Å². The van der Waals surface area contributed by atoms with Crippen molar-refractivity contribution in [2.75, 3.05) is 19.7 Å². The van der Waals surface area contributed by atoms with Gasteiger partial charge < -0.3 is 10.1 Å². The van der Waals surface area contributed by atoms with E-state index in [4.69, 9.17) is 4.74 Å². The van der Waals surface area contributed by atoms with E-state index in [1.807, 2.05) is 0 Å². The molecule has 0 aromatic carbocycles. The molecule has 86 valence electrons. The van der Waals surface area contributed by atoms with Crippen molar-refractivity contribution in [2.45, 2.75) is 32.6 Å². The lowest BCUT2D eigenvalue weighted by atomic mass is 9.83. The first kappa shape index (κ1) is 12.2. The lowest BCUT2D eigenvalue weighted by Crippen LogP contribution is -2.25. The molecule has 0 radical (unpaired) electrons. The van der Waals surface area contributed by atoms with Crippen LogP contribution in [0, 0.1) is 5.92 Å². The van der Waals surface area contributed by atoms with Crippen LogP contribution >= 0.6 is 0 Å². The van der Waals surface area contributed by atoms with E-state index in [-0.39, 0.29) is 5.97 Å². The molecule has 0 aromatic heterocycles. The van der Waals surface area contributed by atoms with Crippen LogP contribution in [-0.2, 0) is 9.53 Å². The first-order chi connectivity index (χ1) is 7.24. The van der Waals surface area contributed by atoms with Crippen molar-refractivity contribution in [2.24, 2.45) is 5.92 Å². The minimum absolute atomic E-state index is 0.284. The van der Waals surface area contributed by atoms with Gasteiger partial charge in [0.25, 0.3) is 0 Å². The largest absolute Gasteiger partial charge is 0.463 e. The summed E-state index contributed by atoms with van der Waals surface area (Å²) < 4.78 is 4.84. The molecule has 0 heterocycles. The Hall–Kier alpha value is -0.830. The molecular weight excluding hydrogens is 190 g/mol. The Balaban J connectivity index is 1.98. The molecule has 3 nitrogen and oxygen atoms in total. The van der Waals surface area contributed by atoms with Gasteiger partial charge in [0.05, 0.1) is 6.61 Å². The van der Waals surface area contributed by atoms with Crippen molar-refractivity contribution in [3.8, 4) is 0 Å². The average Bonchev–Trinajstić information content (AvgIpc) is 2.14. The Labute approximate surface area is 91.9 Å². The smallest absolute Gasteiger partial charge is 0.334 e. The lowest BCUT2D eigenvalue weighted by Gasteiger charge is -2.25. The van der Waals surface area contributed by atoms with Gasteiger partial charge in [-0.05, 0) is 25.8 Å². The molecule has 0 amide bonds. The van der Waals surface area contributed by atoms with Gasteiger partial charge in [0.1, 0.15) is 0 Å². The topological polar surface area (TPSA) is 38.3 Å². The highest BCUT2D eigenvalue weighted by Gasteiger charge is 2.16. The van der Waals surface area contributed by atoms with Crippen LogP contribution in [0.5, 0.6) is 0 Å². The van der Waals surface area contributed by atoms with Crippen molar-refractivity contribution < 1.29 is 9.53 Å². The summed E-state index contributed by atoms with van der Waals surface area (Å²) in [4.78, 5) is 11.2. The quantitative estimate of drug-likeness (QED) is 0.397. The summed E-state index contributed by atoms with van der Waals surface area (Å²) in [7, 11) is 0. The van der Waals surface area contributed by atoms with E-state index in [2.05, 4.69) is 11.9 Å². The van der Waals surface area contributed by atoms with E-state index < -0.39 is 0 Å².